The van der Waals surface area contributed by atoms with E-state index in [1.807, 2.05) is 14.2 Å². The van der Waals surface area contributed by atoms with Gasteiger partial charge in [-0.3, -0.25) is 0 Å². The highest BCUT2D eigenvalue weighted by molar-refractivity contribution is 9.10. The van der Waals surface area contributed by atoms with Gasteiger partial charge in [0.25, 0.3) is 0 Å². The SMILES string of the molecule is CNC(Cc1cc(Br)cc2c1OCC2)C1(OC)CCCC1. The predicted molar refractivity (Wildman–Crippen MR) is 88.1 cm³/mol. The van der Waals surface area contributed by atoms with Crippen molar-refractivity contribution < 1.29 is 9.47 Å². The Kier molecular flexibility index (Phi) is 4.57. The normalized spacial score (nSPS) is 21.1. The smallest absolute Gasteiger partial charge is 0.125 e. The minimum Gasteiger partial charge on any atom is -0.493 e. The number of fused-ring (bicyclic) bond motifs is 1. The van der Waals surface area contributed by atoms with Crippen molar-refractivity contribution in [2.75, 3.05) is 20.8 Å². The van der Waals surface area contributed by atoms with Crippen LogP contribution in [-0.4, -0.2) is 32.4 Å². The zero-order valence-corrected chi connectivity index (χ0v) is 14.5. The second kappa shape index (κ2) is 6.27. The Hall–Kier alpha value is -0.580. The minimum absolute atomic E-state index is 0.0252. The molecule has 0 aromatic heterocycles. The van der Waals surface area contributed by atoms with Gasteiger partial charge in [0.05, 0.1) is 12.2 Å². The van der Waals surface area contributed by atoms with Gasteiger partial charge in [-0.05, 0) is 49.6 Å². The molecule has 1 saturated carbocycles. The van der Waals surface area contributed by atoms with Gasteiger partial charge in [0.1, 0.15) is 5.75 Å². The number of benzene rings is 1. The summed E-state index contributed by atoms with van der Waals surface area (Å²) in [6.07, 6.45) is 6.78. The van der Waals surface area contributed by atoms with Crippen molar-refractivity contribution in [1.82, 2.24) is 5.32 Å². The van der Waals surface area contributed by atoms with Crippen LogP contribution in [0.4, 0.5) is 0 Å². The molecular formula is C17H24BrNO2. The van der Waals surface area contributed by atoms with E-state index in [1.165, 1.54) is 24.0 Å². The molecule has 1 N–H and O–H groups in total. The number of likely N-dealkylation sites (N-methyl/N-ethyl adjacent to an activating group) is 1. The van der Waals surface area contributed by atoms with Crippen LogP contribution in [0.15, 0.2) is 16.6 Å². The van der Waals surface area contributed by atoms with Gasteiger partial charge in [0.2, 0.25) is 0 Å². The lowest BCUT2D eigenvalue weighted by Gasteiger charge is -2.36. The van der Waals surface area contributed by atoms with E-state index in [-0.39, 0.29) is 5.60 Å². The van der Waals surface area contributed by atoms with Gasteiger partial charge in [0.15, 0.2) is 0 Å². The Morgan fingerprint density at radius 2 is 2.14 bits per heavy atom. The average Bonchev–Trinajstić information content (AvgIpc) is 3.13. The number of ether oxygens (including phenoxy) is 2. The van der Waals surface area contributed by atoms with Crippen LogP contribution in [0.3, 0.4) is 0 Å². The molecule has 0 spiro atoms. The fourth-order valence-electron chi connectivity index (χ4n) is 3.94. The molecule has 1 atom stereocenters. The molecule has 3 rings (SSSR count). The number of halogens is 1. The first-order valence-electron chi connectivity index (χ1n) is 7.85. The first kappa shape index (κ1) is 15.3. The Balaban J connectivity index is 1.88. The Morgan fingerprint density at radius 1 is 1.38 bits per heavy atom. The van der Waals surface area contributed by atoms with Gasteiger partial charge in [-0.1, -0.05) is 28.8 Å². The van der Waals surface area contributed by atoms with Gasteiger partial charge >= 0.3 is 0 Å². The summed E-state index contributed by atoms with van der Waals surface area (Å²) in [5.74, 6) is 1.10. The van der Waals surface area contributed by atoms with E-state index >= 15 is 0 Å². The van der Waals surface area contributed by atoms with E-state index in [2.05, 4.69) is 33.4 Å². The topological polar surface area (TPSA) is 30.5 Å². The fourth-order valence-corrected chi connectivity index (χ4v) is 4.49. The molecule has 1 fully saturated rings. The molecule has 4 heteroatoms. The third-order valence-electron chi connectivity index (χ3n) is 5.09. The summed E-state index contributed by atoms with van der Waals surface area (Å²) in [6, 6.07) is 4.71. The maximum atomic E-state index is 5.96. The molecule has 1 aliphatic carbocycles. The Morgan fingerprint density at radius 3 is 2.81 bits per heavy atom. The number of nitrogens with one attached hydrogen (secondary N) is 1. The molecule has 0 bridgehead atoms. The highest BCUT2D eigenvalue weighted by atomic mass is 79.9. The molecule has 3 nitrogen and oxygen atoms in total. The Labute approximate surface area is 135 Å². The van der Waals surface area contributed by atoms with E-state index in [0.717, 1.165) is 42.5 Å². The lowest BCUT2D eigenvalue weighted by atomic mass is 9.86. The van der Waals surface area contributed by atoms with Crippen molar-refractivity contribution in [2.24, 2.45) is 0 Å². The largest absolute Gasteiger partial charge is 0.493 e. The number of rotatable bonds is 5. The molecular weight excluding hydrogens is 330 g/mol. The first-order valence-corrected chi connectivity index (χ1v) is 8.64. The first-order chi connectivity index (χ1) is 10.2. The molecule has 1 unspecified atom stereocenters. The van der Waals surface area contributed by atoms with Crippen LogP contribution >= 0.6 is 15.9 Å². The van der Waals surface area contributed by atoms with Gasteiger partial charge < -0.3 is 14.8 Å². The summed E-state index contributed by atoms with van der Waals surface area (Å²) in [5, 5.41) is 3.50. The van der Waals surface area contributed by atoms with Crippen molar-refractivity contribution in [3.05, 3.63) is 27.7 Å². The molecule has 0 radical (unpaired) electrons. The summed E-state index contributed by atoms with van der Waals surface area (Å²) in [5.41, 5.74) is 2.59. The highest BCUT2D eigenvalue weighted by Crippen LogP contribution is 2.39. The van der Waals surface area contributed by atoms with Crippen molar-refractivity contribution in [1.29, 1.82) is 0 Å². The third-order valence-corrected chi connectivity index (χ3v) is 5.55. The van der Waals surface area contributed by atoms with Crippen molar-refractivity contribution in [3.8, 4) is 5.75 Å². The van der Waals surface area contributed by atoms with Crippen LogP contribution in [-0.2, 0) is 17.6 Å². The molecule has 1 aromatic rings. The van der Waals surface area contributed by atoms with E-state index in [9.17, 15) is 0 Å². The maximum Gasteiger partial charge on any atom is 0.125 e. The second-order valence-electron chi connectivity index (χ2n) is 6.17. The summed E-state index contributed by atoms with van der Waals surface area (Å²) in [6.45, 7) is 0.804. The molecule has 2 aliphatic rings. The van der Waals surface area contributed by atoms with Crippen molar-refractivity contribution in [2.45, 2.75) is 50.2 Å². The highest BCUT2D eigenvalue weighted by Gasteiger charge is 2.41. The number of hydrogen-bond acceptors (Lipinski definition) is 3. The van der Waals surface area contributed by atoms with E-state index in [1.54, 1.807) is 0 Å². The van der Waals surface area contributed by atoms with Crippen molar-refractivity contribution in [3.63, 3.8) is 0 Å². The quantitative estimate of drug-likeness (QED) is 0.878. The fraction of sp³-hybridized carbons (Fsp3) is 0.647. The van der Waals surface area contributed by atoms with Crippen molar-refractivity contribution >= 4 is 15.9 Å². The molecule has 1 heterocycles. The van der Waals surface area contributed by atoms with Gasteiger partial charge in [-0.15, -0.1) is 0 Å². The molecule has 21 heavy (non-hydrogen) atoms. The van der Waals surface area contributed by atoms with E-state index in [4.69, 9.17) is 9.47 Å². The van der Waals surface area contributed by atoms with Crippen LogP contribution < -0.4 is 10.1 Å². The van der Waals surface area contributed by atoms with Crippen LogP contribution in [0.25, 0.3) is 0 Å². The van der Waals surface area contributed by atoms with Crippen LogP contribution in [0.2, 0.25) is 0 Å². The van der Waals surface area contributed by atoms with Crippen LogP contribution in [0, 0.1) is 0 Å². The summed E-state index contributed by atoms with van der Waals surface area (Å²) < 4.78 is 13.0. The van der Waals surface area contributed by atoms with Gasteiger partial charge in [0, 0.05) is 24.0 Å². The standard InChI is InChI=1S/C17H24BrNO2/c1-19-15(17(20-2)6-3-4-7-17)11-13-10-14(18)9-12-5-8-21-16(12)13/h9-10,15,19H,3-8,11H2,1-2H3. The number of hydrogen-bond donors (Lipinski definition) is 1. The molecule has 1 aromatic carbocycles. The van der Waals surface area contributed by atoms with Gasteiger partial charge in [-0.25, -0.2) is 0 Å². The average molecular weight is 354 g/mol. The summed E-state index contributed by atoms with van der Waals surface area (Å²) in [4.78, 5) is 0. The third kappa shape index (κ3) is 2.86. The zero-order valence-electron chi connectivity index (χ0n) is 12.9. The molecule has 116 valence electrons. The van der Waals surface area contributed by atoms with E-state index in [0.29, 0.717) is 6.04 Å². The number of methoxy groups -OCH3 is 1. The van der Waals surface area contributed by atoms with Crippen LogP contribution in [0.5, 0.6) is 5.75 Å². The molecule has 0 amide bonds. The lowest BCUT2D eigenvalue weighted by Crippen LogP contribution is -2.50. The maximum absolute atomic E-state index is 5.96. The lowest BCUT2D eigenvalue weighted by molar-refractivity contribution is -0.0337. The summed E-state index contributed by atoms with van der Waals surface area (Å²) in [7, 11) is 3.90. The van der Waals surface area contributed by atoms with Gasteiger partial charge in [-0.2, -0.15) is 0 Å². The zero-order chi connectivity index (χ0) is 14.9. The molecule has 1 aliphatic heterocycles. The second-order valence-corrected chi connectivity index (χ2v) is 7.09. The summed E-state index contributed by atoms with van der Waals surface area (Å²) >= 11 is 3.63. The predicted octanol–water partition coefficient (Wildman–Crippen LogP) is 3.47. The minimum atomic E-state index is -0.0252. The van der Waals surface area contributed by atoms with E-state index < -0.39 is 0 Å². The molecule has 0 saturated heterocycles. The Bertz CT molecular complexity index is 512. The van der Waals surface area contributed by atoms with Crippen LogP contribution in [0.1, 0.15) is 36.8 Å². The monoisotopic (exact) mass is 353 g/mol.